The van der Waals surface area contributed by atoms with Crippen LogP contribution in [0.5, 0.6) is 0 Å². The Hall–Kier alpha value is 0.0569. The lowest BCUT2D eigenvalue weighted by Gasteiger charge is -2.30. The van der Waals surface area contributed by atoms with Crippen LogP contribution in [0.2, 0.25) is 6.04 Å². The van der Waals surface area contributed by atoms with Gasteiger partial charge in [0.05, 0.1) is 0 Å². The molecule has 2 N–H and O–H groups in total. The molecule has 0 aliphatic heterocycles. The predicted molar refractivity (Wildman–Crippen MR) is 68.3 cm³/mol. The number of rotatable bonds is 10. The van der Waals surface area contributed by atoms with E-state index in [1.165, 1.54) is 0 Å². The van der Waals surface area contributed by atoms with Gasteiger partial charge in [-0.2, -0.15) is 0 Å². The second-order valence-electron chi connectivity index (χ2n) is 3.87. The van der Waals surface area contributed by atoms with Crippen LogP contribution >= 0.6 is 0 Å². The van der Waals surface area contributed by atoms with Gasteiger partial charge in [-0.25, -0.2) is 0 Å². The Bertz CT molecular complexity index is 152. The third-order valence-electron chi connectivity index (χ3n) is 2.35. The van der Waals surface area contributed by atoms with Gasteiger partial charge < -0.3 is 19.0 Å². The number of hydrogen-bond donors (Lipinski definition) is 1. The maximum absolute atomic E-state index is 5.78. The number of nitrogens with two attached hydrogens (primary N) is 1. The zero-order valence-corrected chi connectivity index (χ0v) is 12.1. The summed E-state index contributed by atoms with van der Waals surface area (Å²) in [6.45, 7) is 10.7. The molecular formula is C11H27NO3Si. The summed E-state index contributed by atoms with van der Waals surface area (Å²) >= 11 is 0. The van der Waals surface area contributed by atoms with Crippen molar-refractivity contribution in [2.45, 2.75) is 40.2 Å². The van der Waals surface area contributed by atoms with Crippen LogP contribution < -0.4 is 5.73 Å². The Morgan fingerprint density at radius 3 is 1.75 bits per heavy atom. The molecule has 0 fully saturated rings. The van der Waals surface area contributed by atoms with Gasteiger partial charge in [0.15, 0.2) is 0 Å². The zero-order chi connectivity index (χ0) is 12.4. The first-order valence-corrected chi connectivity index (χ1v) is 8.19. The molecule has 98 valence electrons. The maximum Gasteiger partial charge on any atom is 0.501 e. The Kier molecular flexibility index (Phi) is 9.16. The molecule has 4 nitrogen and oxygen atoms in total. The Labute approximate surface area is 101 Å². The van der Waals surface area contributed by atoms with Crippen LogP contribution in [0.3, 0.4) is 0 Å². The monoisotopic (exact) mass is 249 g/mol. The second-order valence-corrected chi connectivity index (χ2v) is 6.51. The van der Waals surface area contributed by atoms with E-state index in [-0.39, 0.29) is 0 Å². The third kappa shape index (κ3) is 5.96. The lowest BCUT2D eigenvalue weighted by Crippen LogP contribution is -2.47. The average molecular weight is 249 g/mol. The molecular weight excluding hydrogens is 222 g/mol. The van der Waals surface area contributed by atoms with Crippen LogP contribution in [0, 0.1) is 5.92 Å². The summed E-state index contributed by atoms with van der Waals surface area (Å²) in [6, 6.07) is 0.861. The second kappa shape index (κ2) is 9.12. The molecule has 0 radical (unpaired) electrons. The molecule has 5 heteroatoms. The molecule has 0 saturated carbocycles. The first kappa shape index (κ1) is 16.1. The molecule has 0 aliphatic carbocycles. The van der Waals surface area contributed by atoms with Gasteiger partial charge >= 0.3 is 8.80 Å². The number of hydrogen-bond acceptors (Lipinski definition) is 4. The average Bonchev–Trinajstić information content (AvgIpc) is 2.18. The van der Waals surface area contributed by atoms with E-state index in [2.05, 4.69) is 6.92 Å². The molecule has 0 aliphatic rings. The van der Waals surface area contributed by atoms with E-state index in [1.54, 1.807) is 0 Å². The molecule has 0 bridgehead atoms. The Balaban J connectivity index is 4.44. The van der Waals surface area contributed by atoms with Crippen molar-refractivity contribution in [2.24, 2.45) is 11.7 Å². The maximum atomic E-state index is 5.78. The van der Waals surface area contributed by atoms with E-state index in [1.807, 2.05) is 20.8 Å². The van der Waals surface area contributed by atoms with E-state index in [4.69, 9.17) is 19.0 Å². The van der Waals surface area contributed by atoms with Crippen LogP contribution in [0.25, 0.3) is 0 Å². The molecule has 16 heavy (non-hydrogen) atoms. The SMILES string of the molecule is CCO[Si](CC(C)CCN)(OCC)OCC. The summed E-state index contributed by atoms with van der Waals surface area (Å²) in [4.78, 5) is 0. The van der Waals surface area contributed by atoms with Gasteiger partial charge in [-0.05, 0) is 39.7 Å². The van der Waals surface area contributed by atoms with E-state index in [0.29, 0.717) is 32.3 Å². The lowest BCUT2D eigenvalue weighted by atomic mass is 10.1. The van der Waals surface area contributed by atoms with Gasteiger partial charge in [0.25, 0.3) is 0 Å². The quantitative estimate of drug-likeness (QED) is 0.602. The molecule has 0 rings (SSSR count). The van der Waals surface area contributed by atoms with Crippen molar-refractivity contribution in [1.29, 1.82) is 0 Å². The van der Waals surface area contributed by atoms with E-state index < -0.39 is 8.80 Å². The molecule has 1 atom stereocenters. The highest BCUT2D eigenvalue weighted by atomic mass is 28.4. The topological polar surface area (TPSA) is 53.7 Å². The zero-order valence-electron chi connectivity index (χ0n) is 11.1. The van der Waals surface area contributed by atoms with E-state index >= 15 is 0 Å². The molecule has 0 heterocycles. The summed E-state index contributed by atoms with van der Waals surface area (Å²) in [6.07, 6.45) is 0.988. The predicted octanol–water partition coefficient (Wildman–Crippen LogP) is 2.02. The van der Waals surface area contributed by atoms with Crippen molar-refractivity contribution in [2.75, 3.05) is 26.4 Å². The third-order valence-corrected chi connectivity index (χ3v) is 5.73. The molecule has 0 amide bonds. The summed E-state index contributed by atoms with van der Waals surface area (Å²) in [5.74, 6) is 0.487. The van der Waals surface area contributed by atoms with Crippen LogP contribution in [0.1, 0.15) is 34.1 Å². The fourth-order valence-corrected chi connectivity index (χ4v) is 4.76. The van der Waals surface area contributed by atoms with Crippen LogP contribution in [-0.2, 0) is 13.3 Å². The largest absolute Gasteiger partial charge is 0.501 e. The first-order valence-electron chi connectivity index (χ1n) is 6.26. The normalized spacial score (nSPS) is 14.1. The Morgan fingerprint density at radius 2 is 1.44 bits per heavy atom. The fourth-order valence-electron chi connectivity index (χ4n) is 1.77. The van der Waals surface area contributed by atoms with Crippen molar-refractivity contribution in [3.8, 4) is 0 Å². The standard InChI is InChI=1S/C11H27NO3Si/c1-5-13-16(14-6-2,15-7-3)10-11(4)8-9-12/h11H,5-10,12H2,1-4H3. The Morgan fingerprint density at radius 1 is 1.00 bits per heavy atom. The lowest BCUT2D eigenvalue weighted by molar-refractivity contribution is 0.0674. The highest BCUT2D eigenvalue weighted by Gasteiger charge is 2.41. The highest BCUT2D eigenvalue weighted by Crippen LogP contribution is 2.23. The molecule has 0 aromatic rings. The summed E-state index contributed by atoms with van der Waals surface area (Å²) in [7, 11) is -2.45. The van der Waals surface area contributed by atoms with Crippen molar-refractivity contribution in [3.05, 3.63) is 0 Å². The molecule has 0 saturated heterocycles. The van der Waals surface area contributed by atoms with Crippen molar-refractivity contribution in [3.63, 3.8) is 0 Å². The minimum atomic E-state index is -2.45. The summed E-state index contributed by atoms with van der Waals surface area (Å²) < 4.78 is 17.3. The fraction of sp³-hybridized carbons (Fsp3) is 1.00. The van der Waals surface area contributed by atoms with Crippen LogP contribution in [0.15, 0.2) is 0 Å². The molecule has 0 spiro atoms. The highest BCUT2D eigenvalue weighted by molar-refractivity contribution is 6.60. The molecule has 0 aromatic heterocycles. The van der Waals surface area contributed by atoms with Gasteiger partial charge in [-0.15, -0.1) is 0 Å². The smallest absolute Gasteiger partial charge is 0.374 e. The minimum absolute atomic E-state index is 0.487. The summed E-state index contributed by atoms with van der Waals surface area (Å²) in [5.41, 5.74) is 5.56. The van der Waals surface area contributed by atoms with Crippen molar-refractivity contribution >= 4 is 8.80 Å². The van der Waals surface area contributed by atoms with Crippen LogP contribution in [-0.4, -0.2) is 35.2 Å². The van der Waals surface area contributed by atoms with E-state index in [0.717, 1.165) is 12.5 Å². The van der Waals surface area contributed by atoms with Gasteiger partial charge in [-0.3, -0.25) is 0 Å². The van der Waals surface area contributed by atoms with Gasteiger partial charge in [0.2, 0.25) is 0 Å². The summed E-state index contributed by atoms with van der Waals surface area (Å²) in [5, 5.41) is 0. The minimum Gasteiger partial charge on any atom is -0.374 e. The first-order chi connectivity index (χ1) is 7.64. The van der Waals surface area contributed by atoms with Crippen molar-refractivity contribution in [1.82, 2.24) is 0 Å². The van der Waals surface area contributed by atoms with E-state index in [9.17, 15) is 0 Å². The van der Waals surface area contributed by atoms with Crippen LogP contribution in [0.4, 0.5) is 0 Å². The molecule has 0 aromatic carbocycles. The van der Waals surface area contributed by atoms with Gasteiger partial charge in [-0.1, -0.05) is 6.92 Å². The van der Waals surface area contributed by atoms with Gasteiger partial charge in [0.1, 0.15) is 0 Å². The van der Waals surface area contributed by atoms with Crippen molar-refractivity contribution < 1.29 is 13.3 Å². The van der Waals surface area contributed by atoms with Gasteiger partial charge in [0, 0.05) is 25.9 Å². The molecule has 1 unspecified atom stereocenters.